The number of carbonyl (C=O) groups is 2. The van der Waals surface area contributed by atoms with Crippen LogP contribution in [0.4, 0.5) is 5.69 Å². The van der Waals surface area contributed by atoms with E-state index in [0.717, 1.165) is 12.0 Å². The van der Waals surface area contributed by atoms with E-state index < -0.39 is 17.7 Å². The van der Waals surface area contributed by atoms with Gasteiger partial charge in [-0.15, -0.1) is 0 Å². The van der Waals surface area contributed by atoms with Gasteiger partial charge in [-0.05, 0) is 62.2 Å². The van der Waals surface area contributed by atoms with Crippen molar-refractivity contribution in [2.75, 3.05) is 11.5 Å². The van der Waals surface area contributed by atoms with E-state index in [1.165, 1.54) is 4.90 Å². The van der Waals surface area contributed by atoms with E-state index in [2.05, 4.69) is 0 Å². The molecule has 4 rings (SSSR count). The number of ketones is 1. The molecule has 1 saturated heterocycles. The number of benzene rings is 2. The number of nitrogens with zero attached hydrogens (tertiary/aromatic N) is 1. The first-order valence-corrected chi connectivity index (χ1v) is 11.1. The number of amides is 1. The number of aliphatic hydroxyl groups is 1. The van der Waals surface area contributed by atoms with Gasteiger partial charge in [-0.1, -0.05) is 36.7 Å². The van der Waals surface area contributed by atoms with Crippen LogP contribution in [0.5, 0.6) is 5.75 Å². The van der Waals surface area contributed by atoms with E-state index >= 15 is 0 Å². The highest BCUT2D eigenvalue weighted by Gasteiger charge is 2.48. The molecule has 0 radical (unpaired) electrons. The Kier molecular flexibility index (Phi) is 6.29. The summed E-state index contributed by atoms with van der Waals surface area (Å²) < 4.78 is 11.5. The quantitative estimate of drug-likeness (QED) is 0.276. The Morgan fingerprint density at radius 3 is 2.58 bits per heavy atom. The Morgan fingerprint density at radius 2 is 1.91 bits per heavy atom. The predicted octanol–water partition coefficient (Wildman–Crippen LogP) is 5.96. The van der Waals surface area contributed by atoms with Gasteiger partial charge in [0.2, 0.25) is 0 Å². The lowest BCUT2D eigenvalue weighted by molar-refractivity contribution is -0.132. The van der Waals surface area contributed by atoms with E-state index in [1.54, 1.807) is 61.5 Å². The Hall–Kier alpha value is -3.51. The average Bonchev–Trinajstić information content (AvgIpc) is 3.35. The molecule has 2 aromatic carbocycles. The summed E-state index contributed by atoms with van der Waals surface area (Å²) in [6, 6.07) is 14.4. The molecule has 3 aromatic rings. The lowest BCUT2D eigenvalue weighted by Gasteiger charge is -2.24. The highest BCUT2D eigenvalue weighted by molar-refractivity contribution is 6.51. The van der Waals surface area contributed by atoms with Crippen LogP contribution in [0.2, 0.25) is 5.02 Å². The largest absolute Gasteiger partial charge is 0.507 e. The molecule has 1 aromatic heterocycles. The van der Waals surface area contributed by atoms with Crippen LogP contribution in [0.1, 0.15) is 42.0 Å². The summed E-state index contributed by atoms with van der Waals surface area (Å²) in [5.74, 6) is -0.325. The number of aryl methyl sites for hydroxylation is 2. The molecule has 0 aliphatic carbocycles. The SMILES string of the molecule is CCCOc1cccc(/C(O)=C2/C(=O)C(=O)N(c3ccc(C)c(Cl)c3)C2c2ccc(C)o2)c1. The first kappa shape index (κ1) is 22.7. The van der Waals surface area contributed by atoms with Crippen LogP contribution in [0.25, 0.3) is 5.76 Å². The number of aliphatic hydroxyl groups excluding tert-OH is 1. The van der Waals surface area contributed by atoms with Crippen molar-refractivity contribution in [1.29, 1.82) is 0 Å². The number of ether oxygens (including phenoxy) is 1. The van der Waals surface area contributed by atoms with Crippen LogP contribution >= 0.6 is 11.6 Å². The fourth-order valence-electron chi connectivity index (χ4n) is 3.81. The summed E-state index contributed by atoms with van der Waals surface area (Å²) in [7, 11) is 0. The minimum absolute atomic E-state index is 0.0568. The zero-order valence-electron chi connectivity index (χ0n) is 18.6. The van der Waals surface area contributed by atoms with Crippen LogP contribution in [-0.2, 0) is 9.59 Å². The molecule has 1 unspecified atom stereocenters. The molecule has 170 valence electrons. The first-order valence-electron chi connectivity index (χ1n) is 10.7. The summed E-state index contributed by atoms with van der Waals surface area (Å²) >= 11 is 6.31. The standard InChI is InChI=1S/C26H24ClNO5/c1-4-12-32-19-7-5-6-17(13-19)24(29)22-23(21-11-9-16(3)33-21)28(26(31)25(22)30)18-10-8-15(2)20(27)14-18/h5-11,13-14,23,29H,4,12H2,1-3H3/b24-22-. The molecule has 1 amide bonds. The second kappa shape index (κ2) is 9.16. The summed E-state index contributed by atoms with van der Waals surface area (Å²) in [6.07, 6.45) is 0.832. The van der Waals surface area contributed by atoms with Gasteiger partial charge >= 0.3 is 0 Å². The minimum Gasteiger partial charge on any atom is -0.507 e. The molecule has 0 saturated carbocycles. The average molecular weight is 466 g/mol. The molecule has 0 bridgehead atoms. The number of hydrogen-bond acceptors (Lipinski definition) is 5. The van der Waals surface area contributed by atoms with Crippen LogP contribution in [0, 0.1) is 13.8 Å². The number of carbonyl (C=O) groups excluding carboxylic acids is 2. The molecular formula is C26H24ClNO5. The molecule has 1 N–H and O–H groups in total. The van der Waals surface area contributed by atoms with Gasteiger partial charge in [0.1, 0.15) is 29.1 Å². The second-order valence-corrected chi connectivity index (χ2v) is 8.33. The summed E-state index contributed by atoms with van der Waals surface area (Å²) in [6.45, 7) is 6.14. The number of Topliss-reactive ketones (excluding diaryl/α,β-unsaturated/α-hetero) is 1. The third-order valence-corrected chi connectivity index (χ3v) is 5.90. The molecule has 1 fully saturated rings. The minimum atomic E-state index is -0.947. The highest BCUT2D eigenvalue weighted by atomic mass is 35.5. The van der Waals surface area contributed by atoms with E-state index in [1.807, 2.05) is 13.8 Å². The van der Waals surface area contributed by atoms with Crippen molar-refractivity contribution in [3.63, 3.8) is 0 Å². The van der Waals surface area contributed by atoms with E-state index in [-0.39, 0.29) is 11.3 Å². The summed E-state index contributed by atoms with van der Waals surface area (Å²) in [5, 5.41) is 11.7. The normalized spacial score (nSPS) is 17.6. The third-order valence-electron chi connectivity index (χ3n) is 5.49. The highest BCUT2D eigenvalue weighted by Crippen LogP contribution is 2.43. The molecule has 1 aliphatic heterocycles. The maximum absolute atomic E-state index is 13.2. The van der Waals surface area contributed by atoms with E-state index in [0.29, 0.717) is 40.2 Å². The van der Waals surface area contributed by atoms with Crippen molar-refractivity contribution in [1.82, 2.24) is 0 Å². The topological polar surface area (TPSA) is 80.0 Å². The Morgan fingerprint density at radius 1 is 1.12 bits per heavy atom. The number of halogens is 1. The van der Waals surface area contributed by atoms with Crippen molar-refractivity contribution in [3.05, 3.63) is 87.8 Å². The van der Waals surface area contributed by atoms with E-state index in [9.17, 15) is 14.7 Å². The van der Waals surface area contributed by atoms with Gasteiger partial charge in [0.05, 0.1) is 12.2 Å². The first-order chi connectivity index (χ1) is 15.8. The zero-order valence-corrected chi connectivity index (χ0v) is 19.3. The Bertz CT molecular complexity index is 1260. The molecule has 1 atom stereocenters. The zero-order chi connectivity index (χ0) is 23.7. The van der Waals surface area contributed by atoms with Crippen LogP contribution in [0.3, 0.4) is 0 Å². The van der Waals surface area contributed by atoms with Crippen molar-refractivity contribution >= 4 is 34.7 Å². The Balaban J connectivity index is 1.88. The molecule has 7 heteroatoms. The van der Waals surface area contributed by atoms with Crippen LogP contribution in [-0.4, -0.2) is 23.4 Å². The molecule has 2 heterocycles. The van der Waals surface area contributed by atoms with Crippen molar-refractivity contribution < 1.29 is 23.8 Å². The summed E-state index contributed by atoms with van der Waals surface area (Å²) in [4.78, 5) is 27.7. The second-order valence-electron chi connectivity index (χ2n) is 7.93. The molecule has 6 nitrogen and oxygen atoms in total. The maximum Gasteiger partial charge on any atom is 0.300 e. The number of hydrogen-bond donors (Lipinski definition) is 1. The Labute approximate surface area is 197 Å². The fraction of sp³-hybridized carbons (Fsp3) is 0.231. The maximum atomic E-state index is 13.2. The van der Waals surface area contributed by atoms with Gasteiger partial charge in [0.25, 0.3) is 11.7 Å². The number of rotatable bonds is 6. The van der Waals surface area contributed by atoms with Gasteiger partial charge in [-0.3, -0.25) is 14.5 Å². The van der Waals surface area contributed by atoms with E-state index in [4.69, 9.17) is 20.8 Å². The predicted molar refractivity (Wildman–Crippen MR) is 127 cm³/mol. The summed E-state index contributed by atoms with van der Waals surface area (Å²) in [5.41, 5.74) is 1.59. The third kappa shape index (κ3) is 4.26. The number of anilines is 1. The van der Waals surface area contributed by atoms with Crippen molar-refractivity contribution in [2.45, 2.75) is 33.2 Å². The van der Waals surface area contributed by atoms with Crippen molar-refractivity contribution in [2.24, 2.45) is 0 Å². The molecule has 33 heavy (non-hydrogen) atoms. The lowest BCUT2D eigenvalue weighted by Crippen LogP contribution is -2.29. The molecular weight excluding hydrogens is 442 g/mol. The molecule has 0 spiro atoms. The molecule has 1 aliphatic rings. The lowest BCUT2D eigenvalue weighted by atomic mass is 9.99. The van der Waals surface area contributed by atoms with Gasteiger partial charge in [0, 0.05) is 16.3 Å². The van der Waals surface area contributed by atoms with Gasteiger partial charge in [-0.25, -0.2) is 0 Å². The van der Waals surface area contributed by atoms with Gasteiger partial charge < -0.3 is 14.3 Å². The van der Waals surface area contributed by atoms with Gasteiger partial charge in [-0.2, -0.15) is 0 Å². The van der Waals surface area contributed by atoms with Gasteiger partial charge in [0.15, 0.2) is 0 Å². The van der Waals surface area contributed by atoms with Crippen LogP contribution in [0.15, 0.2) is 64.6 Å². The van der Waals surface area contributed by atoms with Crippen LogP contribution < -0.4 is 9.64 Å². The smallest absolute Gasteiger partial charge is 0.300 e. The monoisotopic (exact) mass is 465 g/mol. The fourth-order valence-corrected chi connectivity index (χ4v) is 3.98. The van der Waals surface area contributed by atoms with Crippen molar-refractivity contribution in [3.8, 4) is 5.75 Å². The number of furan rings is 1.